The predicted octanol–water partition coefficient (Wildman–Crippen LogP) is 3.47. The van der Waals surface area contributed by atoms with E-state index in [0.717, 1.165) is 16.7 Å². The van der Waals surface area contributed by atoms with Gasteiger partial charge in [-0.1, -0.05) is 48.0 Å². The first kappa shape index (κ1) is 15.7. The summed E-state index contributed by atoms with van der Waals surface area (Å²) >= 11 is 0. The number of benzene rings is 2. The van der Waals surface area contributed by atoms with Gasteiger partial charge >= 0.3 is 6.09 Å². The van der Waals surface area contributed by atoms with Gasteiger partial charge in [0.05, 0.1) is 6.54 Å². The van der Waals surface area contributed by atoms with E-state index in [2.05, 4.69) is 15.5 Å². The lowest BCUT2D eigenvalue weighted by atomic mass is 10.1. The number of hydrogen-bond acceptors (Lipinski definition) is 5. The van der Waals surface area contributed by atoms with Crippen LogP contribution in [0.5, 0.6) is 0 Å². The molecule has 1 amide bonds. The van der Waals surface area contributed by atoms with Crippen molar-refractivity contribution in [2.45, 2.75) is 20.1 Å². The van der Waals surface area contributed by atoms with Gasteiger partial charge in [-0.15, -0.1) is 10.2 Å². The van der Waals surface area contributed by atoms with Gasteiger partial charge in [0.2, 0.25) is 11.8 Å². The fourth-order valence-electron chi connectivity index (χ4n) is 2.14. The summed E-state index contributed by atoms with van der Waals surface area (Å²) in [5.41, 5.74) is 2.88. The molecule has 0 bridgehead atoms. The number of aryl methyl sites for hydroxylation is 1. The highest BCUT2D eigenvalue weighted by Crippen LogP contribution is 2.18. The molecule has 122 valence electrons. The van der Waals surface area contributed by atoms with Gasteiger partial charge in [-0.05, 0) is 24.6 Å². The highest BCUT2D eigenvalue weighted by Gasteiger charge is 2.10. The highest BCUT2D eigenvalue weighted by atomic mass is 16.5. The Bertz CT molecular complexity index is 815. The summed E-state index contributed by atoms with van der Waals surface area (Å²) < 4.78 is 10.7. The highest BCUT2D eigenvalue weighted by molar-refractivity contribution is 5.67. The molecule has 0 saturated carbocycles. The van der Waals surface area contributed by atoms with Crippen LogP contribution in [0.15, 0.2) is 59.0 Å². The van der Waals surface area contributed by atoms with Gasteiger partial charge in [0.25, 0.3) is 0 Å². The van der Waals surface area contributed by atoms with Crippen LogP contribution in [0.2, 0.25) is 0 Å². The smallest absolute Gasteiger partial charge is 0.407 e. The Balaban J connectivity index is 1.51. The van der Waals surface area contributed by atoms with Crippen LogP contribution in [0, 0.1) is 6.92 Å². The summed E-state index contributed by atoms with van der Waals surface area (Å²) in [6, 6.07) is 17.2. The zero-order valence-corrected chi connectivity index (χ0v) is 13.2. The fourth-order valence-corrected chi connectivity index (χ4v) is 2.14. The van der Waals surface area contributed by atoms with Crippen molar-refractivity contribution in [3.8, 4) is 11.5 Å². The van der Waals surface area contributed by atoms with E-state index in [4.69, 9.17) is 9.15 Å². The maximum Gasteiger partial charge on any atom is 0.407 e. The molecule has 0 unspecified atom stereocenters. The van der Waals surface area contributed by atoms with E-state index in [1.807, 2.05) is 61.5 Å². The number of carbonyl (C=O) groups is 1. The van der Waals surface area contributed by atoms with Crippen molar-refractivity contribution in [3.05, 3.63) is 71.6 Å². The Morgan fingerprint density at radius 2 is 1.96 bits per heavy atom. The molecule has 0 saturated heterocycles. The third-order valence-electron chi connectivity index (χ3n) is 3.33. The van der Waals surface area contributed by atoms with Gasteiger partial charge < -0.3 is 14.5 Å². The summed E-state index contributed by atoms with van der Waals surface area (Å²) in [5, 5.41) is 10.5. The van der Waals surface area contributed by atoms with Crippen molar-refractivity contribution in [2.24, 2.45) is 0 Å². The summed E-state index contributed by atoms with van der Waals surface area (Å²) in [6.45, 7) is 2.32. The maximum atomic E-state index is 11.7. The van der Waals surface area contributed by atoms with E-state index in [1.54, 1.807) is 0 Å². The summed E-state index contributed by atoms with van der Waals surface area (Å²) in [4.78, 5) is 11.7. The van der Waals surface area contributed by atoms with Crippen LogP contribution in [0.1, 0.15) is 17.0 Å². The van der Waals surface area contributed by atoms with Crippen LogP contribution < -0.4 is 5.32 Å². The van der Waals surface area contributed by atoms with E-state index in [1.165, 1.54) is 0 Å². The van der Waals surface area contributed by atoms with E-state index in [-0.39, 0.29) is 13.2 Å². The lowest BCUT2D eigenvalue weighted by Crippen LogP contribution is -2.23. The van der Waals surface area contributed by atoms with E-state index in [0.29, 0.717) is 11.8 Å². The van der Waals surface area contributed by atoms with Crippen LogP contribution >= 0.6 is 0 Å². The predicted molar refractivity (Wildman–Crippen MR) is 87.9 cm³/mol. The molecule has 0 radical (unpaired) electrons. The maximum absolute atomic E-state index is 11.7. The molecule has 6 heteroatoms. The molecule has 1 heterocycles. The van der Waals surface area contributed by atoms with Crippen LogP contribution in [0.3, 0.4) is 0 Å². The minimum atomic E-state index is -0.533. The molecular formula is C18H17N3O3. The Morgan fingerprint density at radius 3 is 2.75 bits per heavy atom. The SMILES string of the molecule is Cc1cccc(-c2nnc(CNC(=O)OCc3ccccc3)o2)c1. The number of ether oxygens (including phenoxy) is 1. The quantitative estimate of drug-likeness (QED) is 0.778. The van der Waals surface area contributed by atoms with Crippen LogP contribution in [-0.2, 0) is 17.9 Å². The largest absolute Gasteiger partial charge is 0.445 e. The van der Waals surface area contributed by atoms with Crippen molar-refractivity contribution >= 4 is 6.09 Å². The molecule has 0 aliphatic heterocycles. The second kappa shape index (κ2) is 7.41. The van der Waals surface area contributed by atoms with Gasteiger partial charge in [0, 0.05) is 5.56 Å². The van der Waals surface area contributed by atoms with Crippen LogP contribution in [-0.4, -0.2) is 16.3 Å². The number of aromatic nitrogens is 2. The molecule has 0 aliphatic carbocycles. The first-order valence-corrected chi connectivity index (χ1v) is 7.55. The van der Waals surface area contributed by atoms with Gasteiger partial charge in [0.1, 0.15) is 6.61 Å². The zero-order valence-electron chi connectivity index (χ0n) is 13.2. The molecule has 0 aliphatic rings. The molecule has 0 atom stereocenters. The summed E-state index contributed by atoms with van der Waals surface area (Å²) in [7, 11) is 0. The minimum absolute atomic E-state index is 0.117. The second-order valence-corrected chi connectivity index (χ2v) is 5.29. The molecule has 2 aromatic carbocycles. The number of hydrogen-bond donors (Lipinski definition) is 1. The first-order chi connectivity index (χ1) is 11.7. The minimum Gasteiger partial charge on any atom is -0.445 e. The lowest BCUT2D eigenvalue weighted by Gasteiger charge is -2.05. The molecule has 0 fully saturated rings. The zero-order chi connectivity index (χ0) is 16.8. The number of alkyl carbamates (subject to hydrolysis) is 1. The third kappa shape index (κ3) is 4.19. The van der Waals surface area contributed by atoms with Gasteiger partial charge in [-0.3, -0.25) is 0 Å². The average Bonchev–Trinajstić information content (AvgIpc) is 3.08. The Morgan fingerprint density at radius 1 is 1.12 bits per heavy atom. The lowest BCUT2D eigenvalue weighted by molar-refractivity contribution is 0.138. The van der Waals surface area contributed by atoms with Gasteiger partial charge in [0.15, 0.2) is 0 Å². The van der Waals surface area contributed by atoms with Gasteiger partial charge in [-0.25, -0.2) is 4.79 Å². The normalized spacial score (nSPS) is 10.4. The Hall–Kier alpha value is -3.15. The molecular weight excluding hydrogens is 306 g/mol. The number of carbonyl (C=O) groups excluding carboxylic acids is 1. The summed E-state index contributed by atoms with van der Waals surface area (Å²) in [6.07, 6.45) is -0.533. The molecule has 3 rings (SSSR count). The first-order valence-electron chi connectivity index (χ1n) is 7.55. The van der Waals surface area contributed by atoms with Crippen molar-refractivity contribution in [2.75, 3.05) is 0 Å². The van der Waals surface area contributed by atoms with Crippen molar-refractivity contribution in [1.82, 2.24) is 15.5 Å². The number of rotatable bonds is 5. The van der Waals surface area contributed by atoms with E-state index >= 15 is 0 Å². The van der Waals surface area contributed by atoms with Crippen molar-refractivity contribution in [3.63, 3.8) is 0 Å². The van der Waals surface area contributed by atoms with Crippen LogP contribution in [0.4, 0.5) is 4.79 Å². The molecule has 3 aromatic rings. The molecule has 0 spiro atoms. The van der Waals surface area contributed by atoms with E-state index < -0.39 is 6.09 Å². The number of nitrogens with zero attached hydrogens (tertiary/aromatic N) is 2. The monoisotopic (exact) mass is 323 g/mol. The van der Waals surface area contributed by atoms with Crippen molar-refractivity contribution in [1.29, 1.82) is 0 Å². The molecule has 6 nitrogen and oxygen atoms in total. The number of amides is 1. The second-order valence-electron chi connectivity index (χ2n) is 5.29. The number of nitrogens with one attached hydrogen (secondary N) is 1. The standard InChI is InChI=1S/C18H17N3O3/c1-13-6-5-9-15(10-13)17-21-20-16(24-17)11-19-18(22)23-12-14-7-3-2-4-8-14/h2-10H,11-12H2,1H3,(H,19,22). The Kier molecular flexibility index (Phi) is 4.86. The summed E-state index contributed by atoms with van der Waals surface area (Å²) in [5.74, 6) is 0.747. The third-order valence-corrected chi connectivity index (χ3v) is 3.33. The van der Waals surface area contributed by atoms with Crippen molar-refractivity contribution < 1.29 is 13.9 Å². The van der Waals surface area contributed by atoms with Crippen LogP contribution in [0.25, 0.3) is 11.5 Å². The molecule has 1 aromatic heterocycles. The molecule has 1 N–H and O–H groups in total. The molecule has 24 heavy (non-hydrogen) atoms. The fraction of sp³-hybridized carbons (Fsp3) is 0.167. The topological polar surface area (TPSA) is 77.2 Å². The van der Waals surface area contributed by atoms with Gasteiger partial charge in [-0.2, -0.15) is 0 Å². The Labute approximate surface area is 139 Å². The van der Waals surface area contributed by atoms with E-state index in [9.17, 15) is 4.79 Å². The average molecular weight is 323 g/mol.